The van der Waals surface area contributed by atoms with Crippen molar-refractivity contribution >= 4 is 53.6 Å². The van der Waals surface area contributed by atoms with Crippen LogP contribution in [0.5, 0.6) is 5.75 Å². The Morgan fingerprint density at radius 2 is 1.75 bits per heavy atom. The number of halogens is 3. The molecule has 0 aliphatic rings. The number of methoxy groups -OCH3 is 1. The zero-order valence-corrected chi connectivity index (χ0v) is 15.3. The highest BCUT2D eigenvalue weighted by molar-refractivity contribution is 9.24. The fourth-order valence-electron chi connectivity index (χ4n) is 1.75. The maximum absolute atomic E-state index is 12.5. The number of ketones is 1. The minimum atomic E-state index is -0.0215. The van der Waals surface area contributed by atoms with Crippen molar-refractivity contribution in [2.45, 2.75) is 3.74 Å². The second-order valence-electron chi connectivity index (χ2n) is 4.10. The summed E-state index contributed by atoms with van der Waals surface area (Å²) in [5, 5.41) is 0. The van der Waals surface area contributed by atoms with Gasteiger partial charge in [-0.2, -0.15) is 0 Å². The molecule has 2 rings (SSSR count). The molecular weight excluding hydrogens is 452 g/mol. The van der Waals surface area contributed by atoms with Crippen LogP contribution in [-0.2, 0) is 0 Å². The van der Waals surface area contributed by atoms with E-state index in [1.54, 1.807) is 31.4 Å². The van der Waals surface area contributed by atoms with Crippen molar-refractivity contribution in [2.24, 2.45) is 0 Å². The fourth-order valence-corrected chi connectivity index (χ4v) is 2.90. The molecule has 0 unspecified atom stereocenters. The van der Waals surface area contributed by atoms with Crippen LogP contribution < -0.4 is 4.74 Å². The molecule has 20 heavy (non-hydrogen) atoms. The minimum absolute atomic E-state index is 0.0215. The molecule has 0 N–H and O–H groups in total. The summed E-state index contributed by atoms with van der Waals surface area (Å²) >= 11 is 10.3. The van der Waals surface area contributed by atoms with Crippen molar-refractivity contribution in [3.05, 3.63) is 63.6 Å². The summed E-state index contributed by atoms with van der Waals surface area (Å²) in [5.74, 6) is 0.712. The van der Waals surface area contributed by atoms with E-state index in [9.17, 15) is 4.79 Å². The summed E-state index contributed by atoms with van der Waals surface area (Å²) in [6, 6.07) is 12.7. The van der Waals surface area contributed by atoms with Crippen LogP contribution in [0.2, 0.25) is 0 Å². The van der Waals surface area contributed by atoms with E-state index in [2.05, 4.69) is 47.8 Å². The number of rotatable bonds is 4. The van der Waals surface area contributed by atoms with Crippen molar-refractivity contribution in [3.8, 4) is 5.75 Å². The van der Waals surface area contributed by atoms with Gasteiger partial charge in [0.25, 0.3) is 0 Å². The zero-order valence-electron chi connectivity index (χ0n) is 10.6. The molecule has 0 saturated carbocycles. The maximum Gasteiger partial charge on any atom is 0.194 e. The van der Waals surface area contributed by atoms with Gasteiger partial charge in [0.1, 0.15) is 5.75 Å². The molecule has 0 spiro atoms. The lowest BCUT2D eigenvalue weighted by Crippen LogP contribution is -2.02. The Hall–Kier alpha value is -0.650. The molecule has 0 amide bonds. The molecule has 0 bridgehead atoms. The van der Waals surface area contributed by atoms with Gasteiger partial charge in [0, 0.05) is 15.6 Å². The number of hydrogen-bond donors (Lipinski definition) is 0. The van der Waals surface area contributed by atoms with Gasteiger partial charge in [-0.3, -0.25) is 4.79 Å². The Labute approximate surface area is 142 Å². The summed E-state index contributed by atoms with van der Waals surface area (Å²) in [5.41, 5.74) is 2.32. The molecule has 0 aliphatic carbocycles. The van der Waals surface area contributed by atoms with Crippen LogP contribution in [0.4, 0.5) is 0 Å². The molecular formula is C15H11Br3O2. The third-order valence-electron chi connectivity index (χ3n) is 2.84. The topological polar surface area (TPSA) is 26.3 Å². The SMILES string of the molecule is COc1ccc(C(=O)c2ccc(C(Br)Br)cc2Br)cc1. The smallest absolute Gasteiger partial charge is 0.194 e. The first kappa shape index (κ1) is 15.7. The van der Waals surface area contributed by atoms with Crippen molar-refractivity contribution in [2.75, 3.05) is 7.11 Å². The first-order valence-electron chi connectivity index (χ1n) is 5.79. The Kier molecular flexibility index (Phi) is 5.41. The van der Waals surface area contributed by atoms with Gasteiger partial charge in [0.2, 0.25) is 0 Å². The summed E-state index contributed by atoms with van der Waals surface area (Å²) in [4.78, 5) is 12.5. The second kappa shape index (κ2) is 6.87. The molecule has 2 aromatic rings. The standard InChI is InChI=1S/C15H11Br3O2/c1-20-11-5-2-9(3-6-11)14(19)12-7-4-10(15(17)18)8-13(12)16/h2-8,15H,1H3. The van der Waals surface area contributed by atoms with Crippen molar-refractivity contribution < 1.29 is 9.53 Å². The van der Waals surface area contributed by atoms with E-state index in [1.807, 2.05) is 18.2 Å². The molecule has 0 fully saturated rings. The lowest BCUT2D eigenvalue weighted by atomic mass is 10.0. The molecule has 0 heterocycles. The van der Waals surface area contributed by atoms with Crippen molar-refractivity contribution in [1.29, 1.82) is 0 Å². The van der Waals surface area contributed by atoms with Crippen LogP contribution in [0.3, 0.4) is 0 Å². The molecule has 0 aromatic heterocycles. The number of benzene rings is 2. The van der Waals surface area contributed by atoms with E-state index >= 15 is 0 Å². The number of carbonyl (C=O) groups is 1. The van der Waals surface area contributed by atoms with Gasteiger partial charge in [-0.15, -0.1) is 0 Å². The normalized spacial score (nSPS) is 10.7. The third kappa shape index (κ3) is 3.51. The van der Waals surface area contributed by atoms with E-state index < -0.39 is 0 Å². The molecule has 0 aliphatic heterocycles. The Morgan fingerprint density at radius 3 is 2.25 bits per heavy atom. The van der Waals surface area contributed by atoms with Crippen LogP contribution in [0, 0.1) is 0 Å². The van der Waals surface area contributed by atoms with E-state index in [0.29, 0.717) is 11.1 Å². The largest absolute Gasteiger partial charge is 0.497 e. The Bertz CT molecular complexity index is 622. The second-order valence-corrected chi connectivity index (χ2v) is 8.01. The van der Waals surface area contributed by atoms with Crippen LogP contribution in [0.15, 0.2) is 46.9 Å². The average Bonchev–Trinajstić information content (AvgIpc) is 2.46. The maximum atomic E-state index is 12.5. The summed E-state index contributed by atoms with van der Waals surface area (Å²) in [6.07, 6.45) is 0. The molecule has 0 saturated heterocycles. The van der Waals surface area contributed by atoms with Crippen LogP contribution in [0.1, 0.15) is 25.2 Å². The van der Waals surface area contributed by atoms with E-state index in [4.69, 9.17) is 4.74 Å². The summed E-state index contributed by atoms with van der Waals surface area (Å²) < 4.78 is 5.93. The molecule has 2 nitrogen and oxygen atoms in total. The first-order valence-corrected chi connectivity index (χ1v) is 8.41. The van der Waals surface area contributed by atoms with E-state index in [-0.39, 0.29) is 9.52 Å². The number of carbonyl (C=O) groups excluding carboxylic acids is 1. The number of ether oxygens (including phenoxy) is 1. The van der Waals surface area contributed by atoms with Gasteiger partial charge < -0.3 is 4.74 Å². The molecule has 2 aromatic carbocycles. The highest BCUT2D eigenvalue weighted by Gasteiger charge is 2.14. The van der Waals surface area contributed by atoms with Gasteiger partial charge in [0.05, 0.1) is 10.8 Å². The zero-order chi connectivity index (χ0) is 14.7. The van der Waals surface area contributed by atoms with E-state index in [0.717, 1.165) is 15.8 Å². The molecule has 0 atom stereocenters. The highest BCUT2D eigenvalue weighted by Crippen LogP contribution is 2.32. The summed E-state index contributed by atoms with van der Waals surface area (Å²) in [7, 11) is 1.60. The van der Waals surface area contributed by atoms with Crippen LogP contribution in [-0.4, -0.2) is 12.9 Å². The molecule has 5 heteroatoms. The van der Waals surface area contributed by atoms with Gasteiger partial charge in [0.15, 0.2) is 5.78 Å². The van der Waals surface area contributed by atoms with Crippen molar-refractivity contribution in [3.63, 3.8) is 0 Å². The molecule has 0 radical (unpaired) electrons. The lowest BCUT2D eigenvalue weighted by Gasteiger charge is -2.08. The Balaban J connectivity index is 2.32. The van der Waals surface area contributed by atoms with Gasteiger partial charge in [-0.1, -0.05) is 53.9 Å². The number of hydrogen-bond acceptors (Lipinski definition) is 2. The van der Waals surface area contributed by atoms with Gasteiger partial charge in [-0.25, -0.2) is 0 Å². The average molecular weight is 463 g/mol. The lowest BCUT2D eigenvalue weighted by molar-refractivity contribution is 0.103. The third-order valence-corrected chi connectivity index (χ3v) is 4.56. The molecule has 104 valence electrons. The van der Waals surface area contributed by atoms with Gasteiger partial charge >= 0.3 is 0 Å². The van der Waals surface area contributed by atoms with Gasteiger partial charge in [-0.05, 0) is 42.0 Å². The van der Waals surface area contributed by atoms with Crippen LogP contribution in [0.25, 0.3) is 0 Å². The first-order chi connectivity index (χ1) is 9.52. The highest BCUT2D eigenvalue weighted by atomic mass is 79.9. The Morgan fingerprint density at radius 1 is 1.10 bits per heavy atom. The predicted molar refractivity (Wildman–Crippen MR) is 91.2 cm³/mol. The monoisotopic (exact) mass is 460 g/mol. The fraction of sp³-hybridized carbons (Fsp3) is 0.133. The quantitative estimate of drug-likeness (QED) is 0.444. The predicted octanol–water partition coefficient (Wildman–Crippen LogP) is 5.48. The van der Waals surface area contributed by atoms with E-state index in [1.165, 1.54) is 0 Å². The van der Waals surface area contributed by atoms with Crippen molar-refractivity contribution in [1.82, 2.24) is 0 Å². The summed E-state index contributed by atoms with van der Waals surface area (Å²) in [6.45, 7) is 0. The number of alkyl halides is 2. The van der Waals surface area contributed by atoms with Crippen LogP contribution >= 0.6 is 47.8 Å². The minimum Gasteiger partial charge on any atom is -0.497 e.